The third kappa shape index (κ3) is 3.03. The van der Waals surface area contributed by atoms with Gasteiger partial charge in [0, 0.05) is 67.2 Å². The molecule has 2 aliphatic rings. The monoisotopic (exact) mass is 371 g/mol. The Bertz CT molecular complexity index is 878. The predicted octanol–water partition coefficient (Wildman–Crippen LogP) is 2.46. The minimum Gasteiger partial charge on any atom is -0.490 e. The van der Waals surface area contributed by atoms with Crippen LogP contribution in [0.5, 0.6) is 5.75 Å². The third-order valence-electron chi connectivity index (χ3n) is 5.78. The quantitative estimate of drug-likeness (QED) is 0.609. The number of aromatic nitrogens is 2. The molecule has 1 fully saturated rings. The third-order valence-corrected chi connectivity index (χ3v) is 5.78. The first-order chi connectivity index (χ1) is 13.0. The van der Waals surface area contributed by atoms with E-state index in [0.29, 0.717) is 11.8 Å². The molecule has 27 heavy (non-hydrogen) atoms. The van der Waals surface area contributed by atoms with Crippen molar-refractivity contribution in [1.82, 2.24) is 14.7 Å². The van der Waals surface area contributed by atoms with E-state index in [-0.39, 0.29) is 10.6 Å². The summed E-state index contributed by atoms with van der Waals surface area (Å²) in [4.78, 5) is 16.0. The molecule has 1 aromatic heterocycles. The molecule has 0 bridgehead atoms. The van der Waals surface area contributed by atoms with Crippen LogP contribution in [-0.2, 0) is 13.5 Å². The molecule has 0 radical (unpaired) electrons. The van der Waals surface area contributed by atoms with E-state index in [1.807, 2.05) is 24.0 Å². The first kappa shape index (κ1) is 17.8. The van der Waals surface area contributed by atoms with E-state index < -0.39 is 0 Å². The summed E-state index contributed by atoms with van der Waals surface area (Å²) in [5.74, 6) is 0.306. The molecular weight excluding hydrogens is 346 g/mol. The van der Waals surface area contributed by atoms with E-state index >= 15 is 0 Å². The number of aryl methyl sites for hydroxylation is 1. The van der Waals surface area contributed by atoms with Crippen molar-refractivity contribution in [2.24, 2.45) is 7.05 Å². The number of nitro benzene ring substituents is 1. The zero-order valence-electron chi connectivity index (χ0n) is 16.0. The first-order valence-electron chi connectivity index (χ1n) is 9.32. The number of rotatable bonds is 3. The number of nitro groups is 1. The smallest absolute Gasteiger partial charge is 0.311 e. The number of fused-ring (bicyclic) bond motifs is 3. The van der Waals surface area contributed by atoms with Gasteiger partial charge in [0.1, 0.15) is 0 Å². The molecule has 1 atom stereocenters. The molecule has 2 aliphatic heterocycles. The zero-order valence-corrected chi connectivity index (χ0v) is 16.0. The first-order valence-corrected chi connectivity index (χ1v) is 9.32. The summed E-state index contributed by atoms with van der Waals surface area (Å²) in [5.41, 5.74) is 3.96. The van der Waals surface area contributed by atoms with Crippen molar-refractivity contribution in [3.8, 4) is 16.9 Å². The van der Waals surface area contributed by atoms with Crippen LogP contribution in [0, 0.1) is 10.1 Å². The van der Waals surface area contributed by atoms with Gasteiger partial charge in [-0.05, 0) is 26.4 Å². The molecule has 0 aliphatic carbocycles. The molecule has 2 aromatic rings. The summed E-state index contributed by atoms with van der Waals surface area (Å²) < 4.78 is 7.24. The van der Waals surface area contributed by atoms with Crippen molar-refractivity contribution in [1.29, 1.82) is 0 Å². The van der Waals surface area contributed by atoms with E-state index in [4.69, 9.17) is 4.74 Å². The summed E-state index contributed by atoms with van der Waals surface area (Å²) in [5, 5.41) is 16.0. The van der Waals surface area contributed by atoms with Gasteiger partial charge in [0.05, 0.1) is 18.2 Å². The highest BCUT2D eigenvalue weighted by atomic mass is 16.6. The van der Waals surface area contributed by atoms with Crippen molar-refractivity contribution in [3.63, 3.8) is 0 Å². The fourth-order valence-corrected chi connectivity index (χ4v) is 4.42. The fraction of sp³-hybridized carbons (Fsp3) is 0.526. The van der Waals surface area contributed by atoms with E-state index in [1.165, 1.54) is 7.11 Å². The Kier molecular flexibility index (Phi) is 4.51. The Morgan fingerprint density at radius 1 is 1.26 bits per heavy atom. The Morgan fingerprint density at radius 2 is 2.07 bits per heavy atom. The average molecular weight is 371 g/mol. The van der Waals surface area contributed by atoms with Gasteiger partial charge in [-0.3, -0.25) is 14.8 Å². The van der Waals surface area contributed by atoms with Crippen LogP contribution in [0.25, 0.3) is 11.1 Å². The zero-order chi connectivity index (χ0) is 19.1. The van der Waals surface area contributed by atoms with Gasteiger partial charge >= 0.3 is 5.69 Å². The number of benzene rings is 1. The Hall–Kier alpha value is -2.61. The largest absolute Gasteiger partial charge is 0.490 e. The predicted molar refractivity (Wildman–Crippen MR) is 103 cm³/mol. The van der Waals surface area contributed by atoms with Crippen LogP contribution in [-0.4, -0.2) is 59.4 Å². The number of methoxy groups -OCH3 is 1. The van der Waals surface area contributed by atoms with Gasteiger partial charge < -0.3 is 14.5 Å². The van der Waals surface area contributed by atoms with Crippen LogP contribution in [0.3, 0.4) is 0 Å². The molecule has 8 nitrogen and oxygen atoms in total. The van der Waals surface area contributed by atoms with Gasteiger partial charge in [0.15, 0.2) is 5.75 Å². The molecule has 1 aromatic carbocycles. The number of hydrogen-bond acceptors (Lipinski definition) is 6. The summed E-state index contributed by atoms with van der Waals surface area (Å²) in [6.45, 7) is 2.97. The van der Waals surface area contributed by atoms with E-state index in [0.717, 1.165) is 61.4 Å². The lowest BCUT2D eigenvalue weighted by Crippen LogP contribution is -2.47. The topological polar surface area (TPSA) is 76.7 Å². The normalized spacial score (nSPS) is 20.0. The Labute approximate surface area is 158 Å². The lowest BCUT2D eigenvalue weighted by Gasteiger charge is -2.39. The van der Waals surface area contributed by atoms with Gasteiger partial charge in [-0.15, -0.1) is 0 Å². The molecule has 4 rings (SSSR count). The van der Waals surface area contributed by atoms with Crippen molar-refractivity contribution in [2.75, 3.05) is 38.7 Å². The van der Waals surface area contributed by atoms with E-state index in [2.05, 4.69) is 21.9 Å². The SMILES string of the molecule is COc1cc2c(cc1[N+](=O)[O-])-c1cnn(C)c1CCN2C1CCCN(C)C1. The summed E-state index contributed by atoms with van der Waals surface area (Å²) >= 11 is 0. The number of hydrogen-bond donors (Lipinski definition) is 0. The summed E-state index contributed by atoms with van der Waals surface area (Å²) in [6.07, 6.45) is 4.96. The van der Waals surface area contributed by atoms with Crippen LogP contribution >= 0.6 is 0 Å². The molecular formula is C19H25N5O3. The highest BCUT2D eigenvalue weighted by Gasteiger charge is 2.32. The molecule has 0 N–H and O–H groups in total. The van der Waals surface area contributed by atoms with Gasteiger partial charge in [-0.25, -0.2) is 0 Å². The highest BCUT2D eigenvalue weighted by molar-refractivity contribution is 5.85. The maximum absolute atomic E-state index is 11.6. The Morgan fingerprint density at radius 3 is 2.78 bits per heavy atom. The maximum atomic E-state index is 11.6. The molecule has 8 heteroatoms. The van der Waals surface area contributed by atoms with Crippen LogP contribution in [0.2, 0.25) is 0 Å². The second kappa shape index (κ2) is 6.84. The standard InChI is InChI=1S/C19H25N5O3/c1-21-7-4-5-13(12-21)23-8-6-16-15(11-20-22(16)2)14-9-18(24(25)26)19(27-3)10-17(14)23/h9-11,13H,4-8,12H2,1-3H3. The summed E-state index contributed by atoms with van der Waals surface area (Å²) in [7, 11) is 5.57. The molecule has 144 valence electrons. The lowest BCUT2D eigenvalue weighted by atomic mass is 10.00. The molecule has 1 saturated heterocycles. The maximum Gasteiger partial charge on any atom is 0.311 e. The highest BCUT2D eigenvalue weighted by Crippen LogP contribution is 2.44. The number of piperidine rings is 1. The van der Waals surface area contributed by atoms with Crippen LogP contribution in [0.15, 0.2) is 18.3 Å². The molecule has 0 spiro atoms. The number of likely N-dealkylation sites (N-methyl/N-ethyl adjacent to an activating group) is 1. The van der Waals surface area contributed by atoms with Crippen LogP contribution in [0.4, 0.5) is 11.4 Å². The van der Waals surface area contributed by atoms with Crippen LogP contribution in [0.1, 0.15) is 18.5 Å². The van der Waals surface area contributed by atoms with Crippen molar-refractivity contribution < 1.29 is 9.66 Å². The minimum atomic E-state index is -0.376. The van der Waals surface area contributed by atoms with Gasteiger partial charge in [-0.2, -0.15) is 5.10 Å². The second-order valence-electron chi connectivity index (χ2n) is 7.43. The molecule has 0 saturated carbocycles. The van der Waals surface area contributed by atoms with Gasteiger partial charge in [0.25, 0.3) is 0 Å². The van der Waals surface area contributed by atoms with Crippen molar-refractivity contribution in [2.45, 2.75) is 25.3 Å². The van der Waals surface area contributed by atoms with Gasteiger partial charge in [0.2, 0.25) is 0 Å². The number of ether oxygens (including phenoxy) is 1. The van der Waals surface area contributed by atoms with Crippen molar-refractivity contribution >= 4 is 11.4 Å². The summed E-state index contributed by atoms with van der Waals surface area (Å²) in [6, 6.07) is 3.87. The fourth-order valence-electron chi connectivity index (χ4n) is 4.42. The van der Waals surface area contributed by atoms with Gasteiger partial charge in [-0.1, -0.05) is 0 Å². The molecule has 3 heterocycles. The Balaban J connectivity index is 1.89. The van der Waals surface area contributed by atoms with Crippen molar-refractivity contribution in [3.05, 3.63) is 34.1 Å². The number of nitrogens with zero attached hydrogens (tertiary/aromatic N) is 5. The lowest BCUT2D eigenvalue weighted by molar-refractivity contribution is -0.385. The number of anilines is 1. The minimum absolute atomic E-state index is 0.00587. The average Bonchev–Trinajstić information content (AvgIpc) is 2.93. The molecule has 0 amide bonds. The number of likely N-dealkylation sites (tertiary alicyclic amines) is 1. The van der Waals surface area contributed by atoms with E-state index in [1.54, 1.807) is 6.07 Å². The second-order valence-corrected chi connectivity index (χ2v) is 7.43. The molecule has 1 unspecified atom stereocenters. The van der Waals surface area contributed by atoms with E-state index in [9.17, 15) is 10.1 Å². The van der Waals surface area contributed by atoms with Crippen LogP contribution < -0.4 is 9.64 Å².